The zero-order valence-electron chi connectivity index (χ0n) is 42.7. The summed E-state index contributed by atoms with van der Waals surface area (Å²) in [4.78, 5) is 99.0. The SMILES string of the molecule is C=C1C[C@H]2C=Nc3cc(OCCCCCOc4cc5c(cc4C)C(=O)N4CC(=C)C[C@H]4[C@H](O)N5C(=O)OCC(=O)CCOCCCC(=O)CCN4C(=O)C=CC4=O)c(OC)cc3C(=O)N2C1.CCC.CCC. The number of amides is 5. The van der Waals surface area contributed by atoms with Crippen LogP contribution in [0.1, 0.15) is 125 Å². The number of aliphatic hydroxyl groups excluding tert-OH is 1. The molecule has 0 aliphatic carbocycles. The van der Waals surface area contributed by atoms with E-state index >= 15 is 0 Å². The molecule has 5 heterocycles. The van der Waals surface area contributed by atoms with Gasteiger partial charge >= 0.3 is 6.09 Å². The lowest BCUT2D eigenvalue weighted by molar-refractivity contribution is -0.137. The summed E-state index contributed by atoms with van der Waals surface area (Å²) >= 11 is 0. The van der Waals surface area contributed by atoms with Crippen LogP contribution in [0.5, 0.6) is 17.2 Å². The number of benzene rings is 2. The molecular weight excluding hydrogens is 927 g/mol. The van der Waals surface area contributed by atoms with Crippen molar-refractivity contribution in [2.45, 2.75) is 124 Å². The van der Waals surface area contributed by atoms with Gasteiger partial charge in [-0.3, -0.25) is 38.7 Å². The molecule has 18 nitrogen and oxygen atoms in total. The Morgan fingerprint density at radius 3 is 2.04 bits per heavy atom. The van der Waals surface area contributed by atoms with Gasteiger partial charge in [-0.1, -0.05) is 64.8 Å². The maximum Gasteiger partial charge on any atom is 0.416 e. The summed E-state index contributed by atoms with van der Waals surface area (Å²) in [5.74, 6) is -0.663. The van der Waals surface area contributed by atoms with E-state index in [1.165, 1.54) is 43.1 Å². The highest BCUT2D eigenvalue weighted by Gasteiger charge is 2.46. The fraction of sp³-hybridized carbons (Fsp3) is 0.519. The number of rotatable bonds is 21. The van der Waals surface area contributed by atoms with Crippen LogP contribution in [0.3, 0.4) is 0 Å². The Bertz CT molecular complexity index is 2390. The van der Waals surface area contributed by atoms with E-state index < -0.39 is 48.5 Å². The number of carbonyl (C=O) groups is 7. The zero-order valence-corrected chi connectivity index (χ0v) is 42.7. The van der Waals surface area contributed by atoms with Crippen LogP contribution < -0.4 is 19.1 Å². The predicted octanol–water partition coefficient (Wildman–Crippen LogP) is 7.64. The molecule has 2 fully saturated rings. The van der Waals surface area contributed by atoms with Crippen molar-refractivity contribution < 1.29 is 62.4 Å². The van der Waals surface area contributed by atoms with Crippen LogP contribution >= 0.6 is 0 Å². The smallest absolute Gasteiger partial charge is 0.416 e. The van der Waals surface area contributed by atoms with Crippen LogP contribution in [0.4, 0.5) is 16.2 Å². The van der Waals surface area contributed by atoms with E-state index in [0.717, 1.165) is 21.8 Å². The van der Waals surface area contributed by atoms with Crippen LogP contribution in [0.25, 0.3) is 0 Å². The number of imide groups is 1. The third-order valence-corrected chi connectivity index (χ3v) is 12.0. The Labute approximate surface area is 422 Å². The van der Waals surface area contributed by atoms with Gasteiger partial charge in [0.15, 0.2) is 30.1 Å². The summed E-state index contributed by atoms with van der Waals surface area (Å²) in [6.45, 7) is 19.3. The number of nitrogens with zero attached hydrogens (tertiary/aromatic N) is 5. The Kier molecular flexibility index (Phi) is 21.3. The second-order valence-electron chi connectivity index (χ2n) is 18.3. The number of carbonyl (C=O) groups excluding carboxylic acids is 7. The number of unbranched alkanes of at least 4 members (excludes halogenated alkanes) is 2. The van der Waals surface area contributed by atoms with Crippen molar-refractivity contribution in [3.63, 3.8) is 0 Å². The van der Waals surface area contributed by atoms with Crippen LogP contribution in [-0.4, -0.2) is 145 Å². The molecule has 390 valence electrons. The number of methoxy groups -OCH3 is 1. The van der Waals surface area contributed by atoms with Gasteiger partial charge in [0.05, 0.1) is 61.5 Å². The first kappa shape index (κ1) is 56.3. The van der Waals surface area contributed by atoms with Crippen LogP contribution in [-0.2, 0) is 28.7 Å². The van der Waals surface area contributed by atoms with Gasteiger partial charge in [-0.05, 0) is 63.1 Å². The first-order chi connectivity index (χ1) is 34.6. The molecule has 1 N–H and O–H groups in total. The van der Waals surface area contributed by atoms with Gasteiger partial charge in [0.25, 0.3) is 23.6 Å². The molecule has 5 aliphatic rings. The van der Waals surface area contributed by atoms with Gasteiger partial charge in [0.1, 0.15) is 11.5 Å². The van der Waals surface area contributed by atoms with Crippen molar-refractivity contribution in [1.82, 2.24) is 14.7 Å². The van der Waals surface area contributed by atoms with Crippen molar-refractivity contribution >= 4 is 58.9 Å². The van der Waals surface area contributed by atoms with Crippen LogP contribution in [0.2, 0.25) is 0 Å². The van der Waals surface area contributed by atoms with Crippen molar-refractivity contribution in [2.75, 3.05) is 64.7 Å². The Morgan fingerprint density at radius 2 is 1.36 bits per heavy atom. The number of fused-ring (bicyclic) bond motifs is 4. The third-order valence-electron chi connectivity index (χ3n) is 12.0. The standard InChI is InChI=1S/C48H55N5O13.2C3H8/c1-29-19-32-25-49-37-23-42(41(62-4)22-35(37)45(58)51(32)26-29)65-17-7-5-6-16-64-40-24-38-36(21-31(40)3)46(59)52-27-30(2)20-39(52)47(60)53(38)48(61)66-28-34(55)13-18-63-15-8-9-33(54)12-14-50-43(56)10-11-44(50)57;2*1-3-2/h10-11,21-25,32,39,47,60H,1-2,5-9,12-20,26-28H2,3-4H3;2*3H2,1-2H3/t32-,39-,47-;;/m0../s1. The highest BCUT2D eigenvalue weighted by molar-refractivity contribution is 6.13. The van der Waals surface area contributed by atoms with Gasteiger partial charge < -0.3 is 38.6 Å². The molecule has 2 aromatic carbocycles. The summed E-state index contributed by atoms with van der Waals surface area (Å²) < 4.78 is 28.7. The molecular formula is C54H71N5O13. The summed E-state index contributed by atoms with van der Waals surface area (Å²) in [6, 6.07) is 5.63. The summed E-state index contributed by atoms with van der Waals surface area (Å²) in [6.07, 6.45) is 7.57. The maximum absolute atomic E-state index is 13.9. The van der Waals surface area contributed by atoms with Crippen molar-refractivity contribution in [1.29, 1.82) is 0 Å². The Hall–Kier alpha value is -6.66. The van der Waals surface area contributed by atoms with E-state index in [9.17, 15) is 38.7 Å². The predicted molar refractivity (Wildman–Crippen MR) is 271 cm³/mol. The average molecular weight is 998 g/mol. The van der Waals surface area contributed by atoms with Crippen molar-refractivity contribution in [3.05, 3.63) is 77.4 Å². The summed E-state index contributed by atoms with van der Waals surface area (Å²) in [7, 11) is 1.52. The second-order valence-corrected chi connectivity index (χ2v) is 18.3. The third kappa shape index (κ3) is 14.5. The normalized spacial score (nSPS) is 18.6. The lowest BCUT2D eigenvalue weighted by Crippen LogP contribution is -2.51. The van der Waals surface area contributed by atoms with Crippen molar-refractivity contribution in [3.8, 4) is 17.2 Å². The molecule has 3 atom stereocenters. The van der Waals surface area contributed by atoms with E-state index in [4.69, 9.17) is 23.7 Å². The van der Waals surface area contributed by atoms with Gasteiger partial charge in [-0.2, -0.15) is 0 Å². The molecule has 0 aromatic heterocycles. The number of aliphatic imine (C=N–C) groups is 1. The first-order valence-corrected chi connectivity index (χ1v) is 25.0. The Balaban J connectivity index is 0.00000153. The molecule has 5 amide bonds. The summed E-state index contributed by atoms with van der Waals surface area (Å²) in [5.41, 5.74) is 3.55. The minimum absolute atomic E-state index is 0.0157. The molecule has 18 heteroatoms. The quantitative estimate of drug-likeness (QED) is 0.0725. The number of ether oxygens (including phenoxy) is 5. The number of aryl methyl sites for hydroxylation is 1. The first-order valence-electron chi connectivity index (χ1n) is 25.0. The van der Waals surface area contributed by atoms with Crippen LogP contribution in [0.15, 0.2) is 65.7 Å². The van der Waals surface area contributed by atoms with Gasteiger partial charge in [-0.25, -0.2) is 9.69 Å². The molecule has 0 saturated carbocycles. The molecule has 2 aromatic rings. The molecule has 5 aliphatic heterocycles. The maximum atomic E-state index is 13.9. The van der Waals surface area contributed by atoms with Gasteiger partial charge in [0, 0.05) is 76.0 Å². The fourth-order valence-electron chi connectivity index (χ4n) is 8.50. The molecule has 7 rings (SSSR count). The van der Waals surface area contributed by atoms with E-state index in [1.807, 2.05) is 0 Å². The number of ketones is 2. The topological polar surface area (TPSA) is 211 Å². The van der Waals surface area contributed by atoms with E-state index in [-0.39, 0.29) is 81.0 Å². The zero-order chi connectivity index (χ0) is 52.5. The molecule has 0 spiro atoms. The number of aliphatic hydroxyl groups is 1. The minimum atomic E-state index is -1.52. The number of Topliss-reactive ketones (excluding diaryl/α,β-unsaturated/α-hetero) is 2. The van der Waals surface area contributed by atoms with E-state index in [0.29, 0.717) is 85.1 Å². The van der Waals surface area contributed by atoms with E-state index in [2.05, 4.69) is 45.8 Å². The van der Waals surface area contributed by atoms with E-state index in [1.54, 1.807) is 36.2 Å². The number of hydrogen-bond donors (Lipinski definition) is 1. The molecule has 2 saturated heterocycles. The molecule has 0 bridgehead atoms. The fourth-order valence-corrected chi connectivity index (χ4v) is 8.50. The second kappa shape index (κ2) is 27.2. The number of anilines is 1. The van der Waals surface area contributed by atoms with Crippen LogP contribution in [0, 0.1) is 6.92 Å². The largest absolute Gasteiger partial charge is 0.493 e. The number of hydrogen-bond acceptors (Lipinski definition) is 14. The lowest BCUT2D eigenvalue weighted by atomic mass is 10.1. The highest BCUT2D eigenvalue weighted by Crippen LogP contribution is 2.41. The van der Waals surface area contributed by atoms with Gasteiger partial charge in [-0.15, -0.1) is 0 Å². The van der Waals surface area contributed by atoms with Crippen molar-refractivity contribution in [2.24, 2.45) is 4.99 Å². The molecule has 0 unspecified atom stereocenters. The Morgan fingerprint density at radius 1 is 0.722 bits per heavy atom. The summed E-state index contributed by atoms with van der Waals surface area (Å²) in [5, 5.41) is 11.6. The van der Waals surface area contributed by atoms with Gasteiger partial charge in [0.2, 0.25) is 0 Å². The molecule has 0 radical (unpaired) electrons. The minimum Gasteiger partial charge on any atom is -0.493 e. The molecule has 72 heavy (non-hydrogen) atoms. The lowest BCUT2D eigenvalue weighted by Gasteiger charge is -2.31. The highest BCUT2D eigenvalue weighted by atomic mass is 16.6. The average Bonchev–Trinajstić information content (AvgIpc) is 4.00. The monoisotopic (exact) mass is 998 g/mol.